The third kappa shape index (κ3) is 6.54. The third-order valence-corrected chi connectivity index (χ3v) is 5.11. The van der Waals surface area contributed by atoms with Crippen molar-refractivity contribution in [1.29, 1.82) is 0 Å². The van der Waals surface area contributed by atoms with E-state index in [2.05, 4.69) is 22.5 Å². The highest BCUT2D eigenvalue weighted by Crippen LogP contribution is 2.43. The first-order chi connectivity index (χ1) is 13.1. The van der Waals surface area contributed by atoms with Gasteiger partial charge in [0.1, 0.15) is 0 Å². The summed E-state index contributed by atoms with van der Waals surface area (Å²) in [5.41, 5.74) is 1.96. The minimum absolute atomic E-state index is 0.288. The number of carbonyl (C=O) groups is 1. The van der Waals surface area contributed by atoms with Crippen molar-refractivity contribution in [2.24, 2.45) is 10.4 Å². The number of aliphatic imine (C=N–C) groups is 1. The van der Waals surface area contributed by atoms with Gasteiger partial charge in [-0.2, -0.15) is 0 Å². The first kappa shape index (κ1) is 21.2. The largest absolute Gasteiger partial charge is 0.462 e. The Morgan fingerprint density at radius 1 is 1.19 bits per heavy atom. The first-order valence-corrected chi connectivity index (χ1v) is 9.89. The monoisotopic (exact) mass is 375 g/mol. The van der Waals surface area contributed by atoms with E-state index < -0.39 is 0 Å². The number of rotatable bonds is 10. The summed E-state index contributed by atoms with van der Waals surface area (Å²) < 4.78 is 10.3. The molecule has 6 heteroatoms. The third-order valence-electron chi connectivity index (χ3n) is 5.11. The van der Waals surface area contributed by atoms with Crippen LogP contribution in [0.1, 0.15) is 55.5 Å². The topological polar surface area (TPSA) is 72.0 Å². The summed E-state index contributed by atoms with van der Waals surface area (Å²) in [5.74, 6) is 0.542. The fourth-order valence-corrected chi connectivity index (χ4v) is 3.25. The molecule has 2 N–H and O–H groups in total. The minimum atomic E-state index is -0.288. The van der Waals surface area contributed by atoms with Gasteiger partial charge in [0.2, 0.25) is 0 Å². The van der Waals surface area contributed by atoms with Crippen molar-refractivity contribution in [3.63, 3.8) is 0 Å². The number of nitrogens with one attached hydrogen (secondary N) is 2. The molecule has 0 unspecified atom stereocenters. The summed E-state index contributed by atoms with van der Waals surface area (Å²) in [6, 6.07) is 7.42. The molecule has 0 saturated heterocycles. The summed E-state index contributed by atoms with van der Waals surface area (Å²) in [4.78, 5) is 16.4. The van der Waals surface area contributed by atoms with Crippen LogP contribution in [0.3, 0.4) is 0 Å². The van der Waals surface area contributed by atoms with Crippen molar-refractivity contribution in [3.8, 4) is 0 Å². The van der Waals surface area contributed by atoms with Crippen LogP contribution in [0.25, 0.3) is 0 Å². The van der Waals surface area contributed by atoms with Crippen molar-refractivity contribution in [2.75, 3.05) is 33.4 Å². The molecular weight excluding hydrogens is 342 g/mol. The van der Waals surface area contributed by atoms with Crippen LogP contribution in [0, 0.1) is 5.41 Å². The Morgan fingerprint density at radius 2 is 1.93 bits per heavy atom. The Bertz CT molecular complexity index is 610. The van der Waals surface area contributed by atoms with Gasteiger partial charge in [0.15, 0.2) is 5.96 Å². The van der Waals surface area contributed by atoms with Gasteiger partial charge in [0, 0.05) is 26.8 Å². The molecule has 1 aliphatic rings. The van der Waals surface area contributed by atoms with Gasteiger partial charge in [-0.3, -0.25) is 0 Å². The number of benzene rings is 1. The quantitative estimate of drug-likeness (QED) is 0.373. The maximum absolute atomic E-state index is 11.7. The highest BCUT2D eigenvalue weighted by Gasteiger charge is 2.36. The Morgan fingerprint density at radius 3 is 2.48 bits per heavy atom. The number of methoxy groups -OCH3 is 1. The van der Waals surface area contributed by atoms with Crippen LogP contribution >= 0.6 is 0 Å². The number of hydrogen-bond acceptors (Lipinski definition) is 4. The normalized spacial score (nSPS) is 15.7. The van der Waals surface area contributed by atoms with E-state index >= 15 is 0 Å². The maximum Gasteiger partial charge on any atom is 0.338 e. The molecule has 0 aromatic heterocycles. The number of carbonyl (C=O) groups excluding carboxylic acids is 1. The molecule has 0 spiro atoms. The van der Waals surface area contributed by atoms with Crippen LogP contribution in [0.15, 0.2) is 29.3 Å². The van der Waals surface area contributed by atoms with Gasteiger partial charge < -0.3 is 20.1 Å². The summed E-state index contributed by atoms with van der Waals surface area (Å²) >= 11 is 0. The zero-order chi connectivity index (χ0) is 19.5. The molecule has 0 heterocycles. The molecule has 0 radical (unpaired) electrons. The zero-order valence-corrected chi connectivity index (χ0v) is 16.8. The summed E-state index contributed by atoms with van der Waals surface area (Å²) in [6.07, 6.45) is 4.88. The second kappa shape index (κ2) is 10.9. The van der Waals surface area contributed by atoms with Gasteiger partial charge in [-0.15, -0.1) is 0 Å². The molecule has 150 valence electrons. The lowest BCUT2D eigenvalue weighted by atomic mass is 9.67. The van der Waals surface area contributed by atoms with Crippen LogP contribution in [-0.4, -0.2) is 45.3 Å². The number of hydrogen-bond donors (Lipinski definition) is 2. The van der Waals surface area contributed by atoms with Crippen molar-refractivity contribution >= 4 is 11.9 Å². The second-order valence-corrected chi connectivity index (χ2v) is 7.06. The summed E-state index contributed by atoms with van der Waals surface area (Å²) in [7, 11) is 1.76. The van der Waals surface area contributed by atoms with E-state index in [0.29, 0.717) is 24.1 Å². The van der Waals surface area contributed by atoms with Crippen LogP contribution in [0.2, 0.25) is 0 Å². The summed E-state index contributed by atoms with van der Waals surface area (Å²) in [6.45, 7) is 7.36. The molecule has 0 bridgehead atoms. The molecule has 0 amide bonds. The van der Waals surface area contributed by atoms with Crippen molar-refractivity contribution in [2.45, 2.75) is 46.1 Å². The molecule has 0 aliphatic heterocycles. The molecule has 6 nitrogen and oxygen atoms in total. The van der Waals surface area contributed by atoms with E-state index in [9.17, 15) is 4.79 Å². The maximum atomic E-state index is 11.7. The molecular formula is C21H33N3O3. The lowest BCUT2D eigenvalue weighted by Crippen LogP contribution is -2.46. The van der Waals surface area contributed by atoms with E-state index in [0.717, 1.165) is 37.6 Å². The molecule has 1 fully saturated rings. The lowest BCUT2D eigenvalue weighted by Gasteiger charge is -2.42. The van der Waals surface area contributed by atoms with Crippen molar-refractivity contribution < 1.29 is 14.3 Å². The standard InChI is InChI=1S/C21H33N3O3/c1-4-22-20(24-16-21(11-6-12-21)13-14-26-3)23-15-17-7-9-18(10-8-17)19(25)27-5-2/h7-10H,4-6,11-16H2,1-3H3,(H2,22,23,24). The van der Waals surface area contributed by atoms with Gasteiger partial charge in [-0.25, -0.2) is 9.79 Å². The molecule has 1 aliphatic carbocycles. The van der Waals surface area contributed by atoms with Gasteiger partial charge in [-0.1, -0.05) is 18.6 Å². The highest BCUT2D eigenvalue weighted by atomic mass is 16.5. The van der Waals surface area contributed by atoms with E-state index in [1.165, 1.54) is 19.3 Å². The first-order valence-electron chi connectivity index (χ1n) is 9.89. The van der Waals surface area contributed by atoms with Crippen molar-refractivity contribution in [1.82, 2.24) is 10.6 Å². The van der Waals surface area contributed by atoms with Gasteiger partial charge in [-0.05, 0) is 56.2 Å². The average molecular weight is 376 g/mol. The fourth-order valence-electron chi connectivity index (χ4n) is 3.25. The molecule has 2 rings (SSSR count). The number of nitrogens with zero attached hydrogens (tertiary/aromatic N) is 1. The van der Waals surface area contributed by atoms with Crippen LogP contribution in [0.4, 0.5) is 0 Å². The van der Waals surface area contributed by atoms with E-state index in [1.54, 1.807) is 26.2 Å². The molecule has 27 heavy (non-hydrogen) atoms. The zero-order valence-electron chi connectivity index (χ0n) is 16.8. The van der Waals surface area contributed by atoms with Crippen LogP contribution in [-0.2, 0) is 16.0 Å². The number of ether oxygens (including phenoxy) is 2. The van der Waals surface area contributed by atoms with Crippen molar-refractivity contribution in [3.05, 3.63) is 35.4 Å². The molecule has 0 atom stereocenters. The predicted octanol–water partition coefficient (Wildman–Crippen LogP) is 3.13. The van der Waals surface area contributed by atoms with Gasteiger partial charge in [0.25, 0.3) is 0 Å². The van der Waals surface area contributed by atoms with E-state index in [1.807, 2.05) is 12.1 Å². The fraction of sp³-hybridized carbons (Fsp3) is 0.619. The predicted molar refractivity (Wildman–Crippen MR) is 108 cm³/mol. The highest BCUT2D eigenvalue weighted by molar-refractivity contribution is 5.89. The Balaban J connectivity index is 1.91. The van der Waals surface area contributed by atoms with Gasteiger partial charge in [0.05, 0.1) is 18.7 Å². The smallest absolute Gasteiger partial charge is 0.338 e. The molecule has 1 saturated carbocycles. The Labute approximate surface area is 162 Å². The minimum Gasteiger partial charge on any atom is -0.462 e. The van der Waals surface area contributed by atoms with E-state index in [-0.39, 0.29) is 5.97 Å². The average Bonchev–Trinajstić information content (AvgIpc) is 2.65. The Hall–Kier alpha value is -2.08. The number of guanidine groups is 1. The number of esters is 1. The molecule has 1 aromatic carbocycles. The second-order valence-electron chi connectivity index (χ2n) is 7.06. The van der Waals surface area contributed by atoms with Crippen LogP contribution < -0.4 is 10.6 Å². The SMILES string of the molecule is CCNC(=NCc1ccc(C(=O)OCC)cc1)NCC1(CCOC)CCC1. The van der Waals surface area contributed by atoms with Crippen LogP contribution in [0.5, 0.6) is 0 Å². The van der Waals surface area contributed by atoms with E-state index in [4.69, 9.17) is 9.47 Å². The lowest BCUT2D eigenvalue weighted by molar-refractivity contribution is 0.0526. The molecule has 1 aromatic rings. The summed E-state index contributed by atoms with van der Waals surface area (Å²) in [5, 5.41) is 6.81. The van der Waals surface area contributed by atoms with Gasteiger partial charge >= 0.3 is 5.97 Å². The Kier molecular flexibility index (Phi) is 8.58.